The zero-order valence-corrected chi connectivity index (χ0v) is 16.7. The maximum absolute atomic E-state index is 10.4. The van der Waals surface area contributed by atoms with Crippen LogP contribution in [0.15, 0.2) is 80.6 Å². The summed E-state index contributed by atoms with van der Waals surface area (Å²) in [7, 11) is 0. The quantitative estimate of drug-likeness (QED) is 0.365. The van der Waals surface area contributed by atoms with Gasteiger partial charge in [-0.3, -0.25) is 4.99 Å². The number of benzene rings is 3. The van der Waals surface area contributed by atoms with Crippen LogP contribution in [0.4, 0.5) is 5.69 Å². The van der Waals surface area contributed by atoms with Crippen LogP contribution in [0.5, 0.6) is 5.75 Å². The minimum atomic E-state index is 0.0777. The lowest BCUT2D eigenvalue weighted by Gasteiger charge is -2.01. The van der Waals surface area contributed by atoms with Crippen LogP contribution in [-0.4, -0.2) is 16.3 Å². The number of aromatic hydroxyl groups is 1. The van der Waals surface area contributed by atoms with Gasteiger partial charge in [0.15, 0.2) is 5.58 Å². The first kappa shape index (κ1) is 18.2. The molecule has 0 aliphatic rings. The lowest BCUT2D eigenvalue weighted by atomic mass is 10.2. The van der Waals surface area contributed by atoms with Crippen molar-refractivity contribution in [3.05, 3.63) is 82.3 Å². The van der Waals surface area contributed by atoms with Gasteiger partial charge in [0.05, 0.1) is 11.3 Å². The van der Waals surface area contributed by atoms with E-state index in [4.69, 9.17) is 4.42 Å². The number of phenolic OH excluding ortho intramolecular Hbond substituents is 1. The highest BCUT2D eigenvalue weighted by molar-refractivity contribution is 9.10. The van der Waals surface area contributed by atoms with Crippen molar-refractivity contribution in [1.82, 2.24) is 4.98 Å². The van der Waals surface area contributed by atoms with Crippen LogP contribution in [0.2, 0.25) is 0 Å². The van der Waals surface area contributed by atoms with E-state index in [-0.39, 0.29) is 5.75 Å². The first-order valence-corrected chi connectivity index (χ1v) is 9.55. The number of aliphatic imine (C=N–C) groups is 1. The van der Waals surface area contributed by atoms with Crippen molar-refractivity contribution < 1.29 is 9.52 Å². The van der Waals surface area contributed by atoms with Crippen molar-refractivity contribution >= 4 is 45.0 Å². The summed E-state index contributed by atoms with van der Waals surface area (Å²) in [5.74, 6) is 0.470. The van der Waals surface area contributed by atoms with Gasteiger partial charge < -0.3 is 9.52 Å². The molecule has 28 heavy (non-hydrogen) atoms. The molecule has 4 aromatic rings. The van der Waals surface area contributed by atoms with Gasteiger partial charge in [-0.05, 0) is 60.5 Å². The monoisotopic (exact) mass is 432 g/mol. The topological polar surface area (TPSA) is 58.6 Å². The molecular formula is C23H17BrN2O2. The van der Waals surface area contributed by atoms with Gasteiger partial charge >= 0.3 is 0 Å². The summed E-state index contributed by atoms with van der Waals surface area (Å²) in [5, 5.41) is 10.4. The highest BCUT2D eigenvalue weighted by Crippen LogP contribution is 2.33. The number of phenols is 1. The molecule has 1 heterocycles. The molecule has 4 rings (SSSR count). The third kappa shape index (κ3) is 4.05. The van der Waals surface area contributed by atoms with Crippen molar-refractivity contribution in [2.24, 2.45) is 4.99 Å². The maximum atomic E-state index is 10.4. The Morgan fingerprint density at radius 2 is 1.96 bits per heavy atom. The summed E-state index contributed by atoms with van der Waals surface area (Å²) in [6, 6.07) is 19.0. The molecule has 4 nitrogen and oxygen atoms in total. The molecule has 138 valence electrons. The molecule has 0 radical (unpaired) electrons. The molecule has 0 atom stereocenters. The Bertz CT molecular complexity index is 1210. The Labute approximate surface area is 171 Å². The molecule has 0 amide bonds. The second kappa shape index (κ2) is 7.82. The predicted octanol–water partition coefficient (Wildman–Crippen LogP) is 6.69. The molecule has 5 heteroatoms. The fourth-order valence-electron chi connectivity index (χ4n) is 2.83. The standard InChI is InChI=1S/C23H17BrN2O2/c1-15-7-10-22-20(12-15)26-23(28-22)19-9-8-18(14-21(19)27)25-11-3-5-16-4-2-6-17(24)13-16/h2-14,27H,1H3/b5-3+,25-11?. The number of allylic oxidation sites excluding steroid dienone is 1. The fraction of sp³-hybridized carbons (Fsp3) is 0.0435. The normalized spacial score (nSPS) is 11.8. The van der Waals surface area contributed by atoms with Crippen molar-refractivity contribution in [2.45, 2.75) is 6.92 Å². The molecule has 0 unspecified atom stereocenters. The molecule has 0 fully saturated rings. The van der Waals surface area contributed by atoms with Crippen LogP contribution in [0.3, 0.4) is 0 Å². The summed E-state index contributed by atoms with van der Waals surface area (Å²) in [4.78, 5) is 8.83. The second-order valence-corrected chi connectivity index (χ2v) is 7.30. The number of fused-ring (bicyclic) bond motifs is 1. The van der Waals surface area contributed by atoms with Gasteiger partial charge in [0.1, 0.15) is 11.3 Å². The van der Waals surface area contributed by atoms with Crippen LogP contribution >= 0.6 is 15.9 Å². The first-order chi connectivity index (χ1) is 13.6. The SMILES string of the molecule is Cc1ccc2oc(-c3ccc(N=C/C=C/c4cccc(Br)c4)cc3O)nc2c1. The third-order valence-corrected chi connectivity index (χ3v) is 4.70. The minimum absolute atomic E-state index is 0.0777. The lowest BCUT2D eigenvalue weighted by Crippen LogP contribution is -1.79. The summed E-state index contributed by atoms with van der Waals surface area (Å²) in [5.41, 5.74) is 4.83. The van der Waals surface area contributed by atoms with E-state index >= 15 is 0 Å². The number of hydrogen-bond donors (Lipinski definition) is 1. The third-order valence-electron chi connectivity index (χ3n) is 4.20. The molecule has 1 aromatic heterocycles. The molecule has 1 N–H and O–H groups in total. The number of nitrogens with zero attached hydrogens (tertiary/aromatic N) is 2. The van der Waals surface area contributed by atoms with E-state index in [0.717, 1.165) is 21.1 Å². The number of hydrogen-bond acceptors (Lipinski definition) is 4. The summed E-state index contributed by atoms with van der Waals surface area (Å²) >= 11 is 3.45. The number of aromatic nitrogens is 1. The lowest BCUT2D eigenvalue weighted by molar-refractivity contribution is 0.474. The van der Waals surface area contributed by atoms with E-state index in [2.05, 4.69) is 25.9 Å². The van der Waals surface area contributed by atoms with Crippen LogP contribution in [-0.2, 0) is 0 Å². The van der Waals surface area contributed by atoms with Gasteiger partial charge in [-0.15, -0.1) is 0 Å². The van der Waals surface area contributed by atoms with E-state index in [0.29, 0.717) is 22.7 Å². The summed E-state index contributed by atoms with van der Waals surface area (Å²) in [6.45, 7) is 2.00. The Hall–Kier alpha value is -3.18. The number of oxazole rings is 1. The van der Waals surface area contributed by atoms with Gasteiger partial charge in [0, 0.05) is 16.8 Å². The largest absolute Gasteiger partial charge is 0.507 e. The molecule has 0 bridgehead atoms. The van der Waals surface area contributed by atoms with Gasteiger partial charge in [0.2, 0.25) is 5.89 Å². The number of rotatable bonds is 4. The first-order valence-electron chi connectivity index (χ1n) is 8.75. The Balaban J connectivity index is 1.53. The summed E-state index contributed by atoms with van der Waals surface area (Å²) in [6.07, 6.45) is 5.51. The Kier molecular flexibility index (Phi) is 5.08. The minimum Gasteiger partial charge on any atom is -0.507 e. The highest BCUT2D eigenvalue weighted by atomic mass is 79.9. The predicted molar refractivity (Wildman–Crippen MR) is 117 cm³/mol. The van der Waals surface area contributed by atoms with Crippen molar-refractivity contribution in [3.63, 3.8) is 0 Å². The van der Waals surface area contributed by atoms with Crippen molar-refractivity contribution in [1.29, 1.82) is 0 Å². The van der Waals surface area contributed by atoms with E-state index in [1.807, 2.05) is 67.6 Å². The molecule has 0 aliphatic carbocycles. The van der Waals surface area contributed by atoms with Crippen LogP contribution in [0.25, 0.3) is 28.6 Å². The van der Waals surface area contributed by atoms with Gasteiger partial charge in [-0.25, -0.2) is 4.98 Å². The van der Waals surface area contributed by atoms with Gasteiger partial charge in [-0.1, -0.05) is 40.2 Å². The van der Waals surface area contributed by atoms with Crippen molar-refractivity contribution in [3.8, 4) is 17.2 Å². The fourth-order valence-corrected chi connectivity index (χ4v) is 3.24. The zero-order chi connectivity index (χ0) is 19.5. The van der Waals surface area contributed by atoms with E-state index < -0.39 is 0 Å². The van der Waals surface area contributed by atoms with E-state index in [1.54, 1.807) is 18.3 Å². The molecule has 0 saturated carbocycles. The summed E-state index contributed by atoms with van der Waals surface area (Å²) < 4.78 is 6.79. The second-order valence-electron chi connectivity index (χ2n) is 6.38. The number of halogens is 1. The maximum Gasteiger partial charge on any atom is 0.231 e. The van der Waals surface area contributed by atoms with Gasteiger partial charge in [-0.2, -0.15) is 0 Å². The van der Waals surface area contributed by atoms with Crippen LogP contribution in [0.1, 0.15) is 11.1 Å². The smallest absolute Gasteiger partial charge is 0.231 e. The Morgan fingerprint density at radius 1 is 1.07 bits per heavy atom. The molecule has 0 aliphatic heterocycles. The van der Waals surface area contributed by atoms with Crippen molar-refractivity contribution in [2.75, 3.05) is 0 Å². The highest BCUT2D eigenvalue weighted by Gasteiger charge is 2.12. The molecular weight excluding hydrogens is 416 g/mol. The average molecular weight is 433 g/mol. The van der Waals surface area contributed by atoms with Gasteiger partial charge in [0.25, 0.3) is 0 Å². The molecule has 0 saturated heterocycles. The molecule has 0 spiro atoms. The molecule has 3 aromatic carbocycles. The van der Waals surface area contributed by atoms with E-state index in [1.165, 1.54) is 0 Å². The van der Waals surface area contributed by atoms with Crippen LogP contribution < -0.4 is 0 Å². The average Bonchev–Trinajstić information content (AvgIpc) is 3.08. The zero-order valence-electron chi connectivity index (χ0n) is 15.1. The van der Waals surface area contributed by atoms with Crippen LogP contribution in [0, 0.1) is 6.92 Å². The van der Waals surface area contributed by atoms with E-state index in [9.17, 15) is 5.11 Å². The Morgan fingerprint density at radius 3 is 2.79 bits per heavy atom. The number of aryl methyl sites for hydroxylation is 1.